The number of anilines is 1. The first kappa shape index (κ1) is 24.6. The van der Waals surface area contributed by atoms with Crippen molar-refractivity contribution in [3.05, 3.63) is 53.0 Å². The van der Waals surface area contributed by atoms with Gasteiger partial charge in [-0.25, -0.2) is 0 Å². The summed E-state index contributed by atoms with van der Waals surface area (Å²) in [6.45, 7) is 3.28. The molecule has 0 saturated carbocycles. The van der Waals surface area contributed by atoms with Crippen LogP contribution in [-0.4, -0.2) is 61.9 Å². The lowest BCUT2D eigenvalue weighted by atomic mass is 9.70. The van der Waals surface area contributed by atoms with E-state index >= 15 is 0 Å². The van der Waals surface area contributed by atoms with Gasteiger partial charge >= 0.3 is 6.18 Å². The van der Waals surface area contributed by atoms with Gasteiger partial charge in [0.2, 0.25) is 5.91 Å². The predicted octanol–water partition coefficient (Wildman–Crippen LogP) is 3.93. The number of nitrogens with zero attached hydrogens (tertiary/aromatic N) is 4. The molecule has 1 aromatic heterocycles. The maximum Gasteiger partial charge on any atom is 0.417 e. The fourth-order valence-corrected chi connectivity index (χ4v) is 5.33. The Labute approximate surface area is 201 Å². The Morgan fingerprint density at radius 3 is 2.43 bits per heavy atom. The summed E-state index contributed by atoms with van der Waals surface area (Å²) in [7, 11) is 3.37. The van der Waals surface area contributed by atoms with Crippen LogP contribution in [0.1, 0.15) is 40.1 Å². The highest BCUT2D eigenvalue weighted by Crippen LogP contribution is 2.47. The maximum absolute atomic E-state index is 13.4. The van der Waals surface area contributed by atoms with Crippen molar-refractivity contribution in [1.29, 1.82) is 5.26 Å². The number of benzene rings is 1. The lowest BCUT2D eigenvalue weighted by Gasteiger charge is -2.43. The highest BCUT2D eigenvalue weighted by atomic mass is 19.4. The summed E-state index contributed by atoms with van der Waals surface area (Å²) in [6, 6.07) is 6.97. The molecule has 2 saturated heterocycles. The molecule has 1 aromatic carbocycles. The van der Waals surface area contributed by atoms with Crippen LogP contribution in [0.25, 0.3) is 0 Å². The second-order valence-corrected chi connectivity index (χ2v) is 9.55. The van der Waals surface area contributed by atoms with Crippen molar-refractivity contribution in [3.63, 3.8) is 0 Å². The van der Waals surface area contributed by atoms with Crippen molar-refractivity contribution in [2.24, 2.45) is 11.3 Å². The zero-order valence-corrected chi connectivity index (χ0v) is 19.9. The van der Waals surface area contributed by atoms with Gasteiger partial charge in [-0.05, 0) is 44.0 Å². The molecular formula is C25H27F3N4O3. The van der Waals surface area contributed by atoms with Gasteiger partial charge in [0.15, 0.2) is 0 Å². The first-order valence-corrected chi connectivity index (χ1v) is 11.4. The van der Waals surface area contributed by atoms with Crippen molar-refractivity contribution in [2.75, 3.05) is 45.2 Å². The minimum absolute atomic E-state index is 0.0598. The molecule has 2 aromatic rings. The Kier molecular flexibility index (Phi) is 6.30. The molecule has 1 atom stereocenters. The topological polar surface area (TPSA) is 80.8 Å². The molecule has 10 heteroatoms. The van der Waals surface area contributed by atoms with Crippen LogP contribution in [0.15, 0.2) is 34.9 Å². The molecule has 7 nitrogen and oxygen atoms in total. The van der Waals surface area contributed by atoms with Crippen LogP contribution in [0.4, 0.5) is 18.9 Å². The van der Waals surface area contributed by atoms with Gasteiger partial charge in [-0.15, -0.1) is 0 Å². The van der Waals surface area contributed by atoms with Gasteiger partial charge in [-0.2, -0.15) is 18.4 Å². The molecule has 1 spiro atoms. The fraction of sp³-hybridized carbons (Fsp3) is 0.480. The van der Waals surface area contributed by atoms with Gasteiger partial charge in [0.05, 0.1) is 34.9 Å². The minimum Gasteiger partial charge on any atom is -0.469 e. The molecule has 35 heavy (non-hydrogen) atoms. The van der Waals surface area contributed by atoms with Crippen molar-refractivity contribution in [3.8, 4) is 6.07 Å². The molecule has 186 valence electrons. The molecule has 2 fully saturated rings. The van der Waals surface area contributed by atoms with E-state index in [0.29, 0.717) is 49.5 Å². The van der Waals surface area contributed by atoms with Crippen LogP contribution in [0.2, 0.25) is 0 Å². The van der Waals surface area contributed by atoms with E-state index in [1.54, 1.807) is 38.1 Å². The average molecular weight is 489 g/mol. The number of piperidine rings is 1. The highest BCUT2D eigenvalue weighted by molar-refractivity contribution is 5.96. The number of carbonyl (C=O) groups excluding carboxylic acids is 2. The predicted molar refractivity (Wildman–Crippen MR) is 122 cm³/mol. The number of nitriles is 1. The van der Waals surface area contributed by atoms with Gasteiger partial charge in [-0.1, -0.05) is 0 Å². The first-order valence-electron chi connectivity index (χ1n) is 11.4. The number of rotatable bonds is 3. The van der Waals surface area contributed by atoms with Gasteiger partial charge in [-0.3, -0.25) is 9.59 Å². The largest absolute Gasteiger partial charge is 0.469 e. The molecule has 1 unspecified atom stereocenters. The van der Waals surface area contributed by atoms with Crippen molar-refractivity contribution < 1.29 is 27.2 Å². The molecule has 0 N–H and O–H groups in total. The maximum atomic E-state index is 13.4. The molecule has 0 aliphatic carbocycles. The monoisotopic (exact) mass is 488 g/mol. The van der Waals surface area contributed by atoms with E-state index in [-0.39, 0.29) is 18.4 Å². The second kappa shape index (κ2) is 8.95. The van der Waals surface area contributed by atoms with Crippen LogP contribution in [0.3, 0.4) is 0 Å². The number of aryl methyl sites for hydroxylation is 1. The Bertz CT molecular complexity index is 1170. The molecule has 0 bridgehead atoms. The van der Waals surface area contributed by atoms with E-state index in [9.17, 15) is 22.8 Å². The summed E-state index contributed by atoms with van der Waals surface area (Å²) in [6.07, 6.45) is -2.07. The Morgan fingerprint density at radius 1 is 1.20 bits per heavy atom. The third-order valence-corrected chi connectivity index (χ3v) is 7.32. The molecule has 4 rings (SSSR count). The van der Waals surface area contributed by atoms with E-state index in [1.165, 1.54) is 23.3 Å². The lowest BCUT2D eigenvalue weighted by Crippen LogP contribution is -2.48. The molecule has 2 aliphatic heterocycles. The summed E-state index contributed by atoms with van der Waals surface area (Å²) in [4.78, 5) is 31.4. The molecule has 2 amide bonds. The van der Waals surface area contributed by atoms with Gasteiger partial charge in [0.1, 0.15) is 5.76 Å². The van der Waals surface area contributed by atoms with Gasteiger partial charge < -0.3 is 19.1 Å². The van der Waals surface area contributed by atoms with Gasteiger partial charge in [0, 0.05) is 51.4 Å². The zero-order chi connectivity index (χ0) is 25.5. The van der Waals surface area contributed by atoms with Crippen LogP contribution < -0.4 is 4.90 Å². The average Bonchev–Trinajstić information content (AvgIpc) is 3.41. The van der Waals surface area contributed by atoms with E-state index in [4.69, 9.17) is 9.68 Å². The van der Waals surface area contributed by atoms with Crippen LogP contribution in [0.5, 0.6) is 0 Å². The van der Waals surface area contributed by atoms with Crippen molar-refractivity contribution >= 4 is 17.5 Å². The quantitative estimate of drug-likeness (QED) is 0.654. The minimum atomic E-state index is -4.63. The summed E-state index contributed by atoms with van der Waals surface area (Å²) in [5.41, 5.74) is -0.975. The number of hydrogen-bond acceptors (Lipinski definition) is 5. The Hall–Kier alpha value is -3.48. The molecule has 0 radical (unpaired) electrons. The van der Waals surface area contributed by atoms with Crippen LogP contribution in [-0.2, 0) is 11.0 Å². The lowest BCUT2D eigenvalue weighted by molar-refractivity contribution is -0.138. The molecular weight excluding hydrogens is 461 g/mol. The summed E-state index contributed by atoms with van der Waals surface area (Å²) in [5, 5.41) is 9.07. The van der Waals surface area contributed by atoms with Crippen molar-refractivity contribution in [1.82, 2.24) is 9.80 Å². The Balaban J connectivity index is 1.58. The normalized spacial score (nSPS) is 19.6. The molecule has 2 aliphatic rings. The van der Waals surface area contributed by atoms with Crippen LogP contribution >= 0.6 is 0 Å². The zero-order valence-electron chi connectivity index (χ0n) is 19.9. The number of halogens is 3. The SMILES string of the molecule is Cc1occc1C(=O)N1CC(C(=O)N(C)C)C2(CCN(c3ccc(C#N)c(C(F)(F)F)c3)CC2)C1. The molecule has 3 heterocycles. The van der Waals surface area contributed by atoms with E-state index in [2.05, 4.69) is 0 Å². The Morgan fingerprint density at radius 2 is 1.89 bits per heavy atom. The summed E-state index contributed by atoms with van der Waals surface area (Å²) in [5.74, 6) is -0.130. The number of amides is 2. The van der Waals surface area contributed by atoms with Gasteiger partial charge in [0.25, 0.3) is 5.91 Å². The number of hydrogen-bond donors (Lipinski definition) is 0. The number of likely N-dealkylation sites (tertiary alicyclic amines) is 1. The smallest absolute Gasteiger partial charge is 0.417 e. The number of alkyl halides is 3. The summed E-state index contributed by atoms with van der Waals surface area (Å²) < 4.78 is 45.6. The third kappa shape index (κ3) is 4.47. The standard InChI is InChI=1S/C25H27F3N4O3/c1-16-19(6-11-35-16)22(33)32-14-21(23(34)30(2)3)24(15-32)7-9-31(10-8-24)18-5-4-17(13-29)20(12-18)25(26,27)28/h4-6,11-12,21H,7-10,14-15H2,1-3H3. The van der Waals surface area contributed by atoms with E-state index in [1.807, 2.05) is 4.90 Å². The van der Waals surface area contributed by atoms with Crippen molar-refractivity contribution in [2.45, 2.75) is 25.9 Å². The highest BCUT2D eigenvalue weighted by Gasteiger charge is 2.53. The first-order chi connectivity index (χ1) is 16.5. The van der Waals surface area contributed by atoms with E-state index < -0.39 is 28.6 Å². The third-order valence-electron chi connectivity index (χ3n) is 7.32. The fourth-order valence-electron chi connectivity index (χ4n) is 5.33. The van der Waals surface area contributed by atoms with Crippen LogP contribution in [0, 0.1) is 29.6 Å². The second-order valence-electron chi connectivity index (χ2n) is 9.55. The number of furan rings is 1. The number of carbonyl (C=O) groups is 2. The summed E-state index contributed by atoms with van der Waals surface area (Å²) >= 11 is 0. The van der Waals surface area contributed by atoms with E-state index in [0.717, 1.165) is 6.07 Å².